The average molecular weight is 189 g/mol. The third-order valence-electron chi connectivity index (χ3n) is 1.10. The van der Waals surface area contributed by atoms with Gasteiger partial charge in [0.2, 0.25) is 5.91 Å². The lowest BCUT2D eigenvalue weighted by atomic mass is 10.6. The van der Waals surface area contributed by atoms with E-state index in [1.165, 1.54) is 0 Å². The Kier molecular flexibility index (Phi) is 8.27. The molecule has 0 spiro atoms. The van der Waals surface area contributed by atoms with Gasteiger partial charge in [-0.05, 0) is 0 Å². The summed E-state index contributed by atoms with van der Waals surface area (Å²) in [5.41, 5.74) is 0. The van der Waals surface area contributed by atoms with E-state index in [1.807, 2.05) is 0 Å². The Hall–Kier alpha value is -0.480. The largest absolute Gasteiger partial charge is 0.383 e. The number of carbonyl (C=O) groups excluding carboxylic acids is 1. The first-order valence-corrected chi connectivity index (χ1v) is 4.91. The van der Waals surface area contributed by atoms with Gasteiger partial charge in [-0.2, -0.15) is 0 Å². The number of hydrogen-bond acceptors (Lipinski definition) is 3. The molecule has 0 saturated heterocycles. The summed E-state index contributed by atoms with van der Waals surface area (Å²) in [4.78, 5) is 11.0. The Morgan fingerprint density at radius 2 is 2.50 bits per heavy atom. The second-order valence-corrected chi connectivity index (χ2v) is 3.18. The molecule has 70 valence electrons. The molecule has 0 fully saturated rings. The molecule has 0 unspecified atom stereocenters. The van der Waals surface area contributed by atoms with Crippen molar-refractivity contribution in [2.75, 3.05) is 31.8 Å². The summed E-state index contributed by atoms with van der Waals surface area (Å²) in [6.45, 7) is 4.72. The summed E-state index contributed by atoms with van der Waals surface area (Å²) in [7, 11) is 1.61. The normalized spacial score (nSPS) is 9.42. The predicted octanol–water partition coefficient (Wildman–Crippen LogP) is 0.668. The van der Waals surface area contributed by atoms with E-state index in [9.17, 15) is 4.79 Å². The molecule has 0 bridgehead atoms. The van der Waals surface area contributed by atoms with E-state index < -0.39 is 0 Å². The van der Waals surface area contributed by atoms with Crippen LogP contribution in [0.25, 0.3) is 0 Å². The van der Waals surface area contributed by atoms with Gasteiger partial charge in [-0.3, -0.25) is 4.79 Å². The van der Waals surface area contributed by atoms with Gasteiger partial charge in [0.15, 0.2) is 0 Å². The van der Waals surface area contributed by atoms with Crippen LogP contribution < -0.4 is 5.32 Å². The van der Waals surface area contributed by atoms with E-state index in [-0.39, 0.29) is 5.91 Å². The third-order valence-corrected chi connectivity index (χ3v) is 2.03. The van der Waals surface area contributed by atoms with Crippen LogP contribution in [0.1, 0.15) is 0 Å². The maximum atomic E-state index is 11.0. The minimum atomic E-state index is 0.0545. The predicted molar refractivity (Wildman–Crippen MR) is 52.4 cm³/mol. The summed E-state index contributed by atoms with van der Waals surface area (Å²) in [5.74, 6) is 1.37. The van der Waals surface area contributed by atoms with Crippen molar-refractivity contribution in [2.45, 2.75) is 0 Å². The molecule has 0 aliphatic rings. The molecule has 1 N–H and O–H groups in total. The molecule has 0 atom stereocenters. The molecule has 1 amide bonds. The number of methoxy groups -OCH3 is 1. The van der Waals surface area contributed by atoms with Crippen molar-refractivity contribution >= 4 is 17.7 Å². The highest BCUT2D eigenvalue weighted by molar-refractivity contribution is 8.00. The van der Waals surface area contributed by atoms with Crippen molar-refractivity contribution in [1.29, 1.82) is 0 Å². The highest BCUT2D eigenvalue weighted by atomic mass is 32.2. The molecule has 0 radical (unpaired) electrons. The number of thioether (sulfide) groups is 1. The van der Waals surface area contributed by atoms with E-state index in [2.05, 4.69) is 11.9 Å². The van der Waals surface area contributed by atoms with E-state index >= 15 is 0 Å². The molecule has 0 rings (SSSR count). The van der Waals surface area contributed by atoms with Gasteiger partial charge in [0, 0.05) is 19.4 Å². The van der Waals surface area contributed by atoms with Crippen LogP contribution in [0.2, 0.25) is 0 Å². The van der Waals surface area contributed by atoms with Gasteiger partial charge in [0.25, 0.3) is 0 Å². The van der Waals surface area contributed by atoms with Crippen molar-refractivity contribution in [3.8, 4) is 0 Å². The van der Waals surface area contributed by atoms with Gasteiger partial charge in [-0.25, -0.2) is 0 Å². The number of nitrogens with one attached hydrogen (secondary N) is 1. The zero-order valence-corrected chi connectivity index (χ0v) is 8.15. The van der Waals surface area contributed by atoms with Crippen LogP contribution in [0.5, 0.6) is 0 Å². The number of rotatable bonds is 7. The van der Waals surface area contributed by atoms with Crippen LogP contribution in [0.15, 0.2) is 12.7 Å². The van der Waals surface area contributed by atoms with Crippen molar-refractivity contribution < 1.29 is 9.53 Å². The highest BCUT2D eigenvalue weighted by Crippen LogP contribution is 1.97. The number of carbonyl (C=O) groups is 1. The summed E-state index contributed by atoms with van der Waals surface area (Å²) in [6, 6.07) is 0. The lowest BCUT2D eigenvalue weighted by molar-refractivity contribution is -0.118. The zero-order chi connectivity index (χ0) is 9.23. The molecule has 0 heterocycles. The monoisotopic (exact) mass is 189 g/mol. The first-order valence-electron chi connectivity index (χ1n) is 3.75. The third kappa shape index (κ3) is 7.63. The maximum Gasteiger partial charge on any atom is 0.230 e. The second kappa shape index (κ2) is 8.62. The standard InChI is InChI=1S/C8H15NO2S/c1-3-6-12-7-8(10)9-4-5-11-2/h3H,1,4-7H2,2H3,(H,9,10). The van der Waals surface area contributed by atoms with Crippen LogP contribution in [0.4, 0.5) is 0 Å². The van der Waals surface area contributed by atoms with Crippen molar-refractivity contribution in [3.63, 3.8) is 0 Å². The van der Waals surface area contributed by atoms with Gasteiger partial charge in [0.1, 0.15) is 0 Å². The summed E-state index contributed by atoms with van der Waals surface area (Å²) in [6.07, 6.45) is 1.78. The highest BCUT2D eigenvalue weighted by Gasteiger charge is 1.98. The SMILES string of the molecule is C=CCSCC(=O)NCCOC. The summed E-state index contributed by atoms with van der Waals surface area (Å²) < 4.78 is 4.78. The Morgan fingerprint density at radius 3 is 3.08 bits per heavy atom. The molecule has 0 saturated carbocycles. The molecule has 0 aromatic carbocycles. The van der Waals surface area contributed by atoms with Gasteiger partial charge in [-0.1, -0.05) is 6.08 Å². The zero-order valence-electron chi connectivity index (χ0n) is 7.34. The molecule has 0 aliphatic heterocycles. The van der Waals surface area contributed by atoms with Crippen LogP contribution in [-0.2, 0) is 9.53 Å². The topological polar surface area (TPSA) is 38.3 Å². The number of hydrogen-bond donors (Lipinski definition) is 1. The van der Waals surface area contributed by atoms with Crippen LogP contribution >= 0.6 is 11.8 Å². The smallest absolute Gasteiger partial charge is 0.230 e. The van der Waals surface area contributed by atoms with Crippen molar-refractivity contribution in [3.05, 3.63) is 12.7 Å². The Bertz CT molecular complexity index is 139. The van der Waals surface area contributed by atoms with Gasteiger partial charge in [-0.15, -0.1) is 18.3 Å². The molecule has 12 heavy (non-hydrogen) atoms. The van der Waals surface area contributed by atoms with E-state index in [0.29, 0.717) is 18.9 Å². The van der Waals surface area contributed by atoms with Gasteiger partial charge < -0.3 is 10.1 Å². The molecule has 4 heteroatoms. The Morgan fingerprint density at radius 1 is 1.75 bits per heavy atom. The fourth-order valence-electron chi connectivity index (χ4n) is 0.579. The first kappa shape index (κ1) is 11.5. The minimum Gasteiger partial charge on any atom is -0.383 e. The molecule has 3 nitrogen and oxygen atoms in total. The average Bonchev–Trinajstić information content (AvgIpc) is 2.06. The first-order chi connectivity index (χ1) is 5.81. The lowest BCUT2D eigenvalue weighted by Gasteiger charge is -2.02. The number of amides is 1. The molecule has 0 aromatic rings. The van der Waals surface area contributed by atoms with Crippen molar-refractivity contribution in [2.24, 2.45) is 0 Å². The quantitative estimate of drug-likeness (QED) is 0.472. The van der Waals surface area contributed by atoms with Crippen molar-refractivity contribution in [1.82, 2.24) is 5.32 Å². The number of ether oxygens (including phenoxy) is 1. The Balaban J connectivity index is 3.15. The molecule has 0 aromatic heterocycles. The van der Waals surface area contributed by atoms with E-state index in [0.717, 1.165) is 5.75 Å². The Labute approximate surface area is 77.6 Å². The maximum absolute atomic E-state index is 11.0. The van der Waals surface area contributed by atoms with Crippen LogP contribution in [0.3, 0.4) is 0 Å². The summed E-state index contributed by atoms with van der Waals surface area (Å²) >= 11 is 1.55. The van der Waals surface area contributed by atoms with Gasteiger partial charge >= 0.3 is 0 Å². The lowest BCUT2D eigenvalue weighted by Crippen LogP contribution is -2.28. The fraction of sp³-hybridized carbons (Fsp3) is 0.625. The van der Waals surface area contributed by atoms with E-state index in [1.54, 1.807) is 24.9 Å². The fourth-order valence-corrected chi connectivity index (χ4v) is 1.15. The van der Waals surface area contributed by atoms with Crippen LogP contribution in [-0.4, -0.2) is 37.7 Å². The van der Waals surface area contributed by atoms with Crippen LogP contribution in [0, 0.1) is 0 Å². The molecular formula is C8H15NO2S. The van der Waals surface area contributed by atoms with E-state index in [4.69, 9.17) is 4.74 Å². The van der Waals surface area contributed by atoms with Gasteiger partial charge in [0.05, 0.1) is 12.4 Å². The molecule has 0 aliphatic carbocycles. The summed E-state index contributed by atoms with van der Waals surface area (Å²) in [5, 5.41) is 2.72. The minimum absolute atomic E-state index is 0.0545. The molecular weight excluding hydrogens is 174 g/mol. The second-order valence-electron chi connectivity index (χ2n) is 2.15.